The lowest BCUT2D eigenvalue weighted by Gasteiger charge is -2.37. The van der Waals surface area contributed by atoms with Gasteiger partial charge in [0.1, 0.15) is 6.04 Å². The average Bonchev–Trinajstić information content (AvgIpc) is 3.32. The smallest absolute Gasteiger partial charge is 0.236 e. The minimum Gasteiger partial charge on any atom is -0.358 e. The molecule has 2 saturated heterocycles. The first-order chi connectivity index (χ1) is 16.5. The number of benzene rings is 2. The van der Waals surface area contributed by atoms with Crippen molar-refractivity contribution in [3.8, 4) is 0 Å². The zero-order valence-electron chi connectivity index (χ0n) is 18.5. The van der Waals surface area contributed by atoms with E-state index in [1.807, 2.05) is 41.4 Å². The summed E-state index contributed by atoms with van der Waals surface area (Å²) in [5.74, 6) is -1.95. The monoisotopic (exact) mass is 494 g/mol. The lowest BCUT2D eigenvalue weighted by Crippen LogP contribution is -2.47. The van der Waals surface area contributed by atoms with Gasteiger partial charge in [-0.05, 0) is 48.2 Å². The van der Waals surface area contributed by atoms with Crippen LogP contribution in [0.15, 0.2) is 48.7 Å². The highest BCUT2D eigenvalue weighted by Gasteiger charge is 2.65. The zero-order valence-corrected chi connectivity index (χ0v) is 20.0. The lowest BCUT2D eigenvalue weighted by molar-refractivity contribution is -0.144. The number of carbonyl (C=O) groups is 3. The molecular formula is C27H24Cl2N2O3. The van der Waals surface area contributed by atoms with Crippen LogP contribution in [-0.4, -0.2) is 39.5 Å². The molecule has 1 aliphatic carbocycles. The molecule has 2 aromatic carbocycles. The number of imide groups is 1. The molecule has 4 atom stereocenters. The number of likely N-dealkylation sites (tertiary alicyclic amines) is 1. The summed E-state index contributed by atoms with van der Waals surface area (Å²) >= 11 is 12.5. The Morgan fingerprint density at radius 1 is 0.912 bits per heavy atom. The van der Waals surface area contributed by atoms with Crippen molar-refractivity contribution in [3.63, 3.8) is 0 Å². The standard InChI is InChI=1S/C27H24Cl2N2O3/c28-16-10-11-19(20(29)14-16)25(32)24-22-21(23-18-9-5-4-6-15(18)12-13-30(23)24)26(33)31(27(22)34)17-7-2-1-3-8-17/h4-6,9-14,17,21-24H,1-3,7-8H2/t21-,22-,23-,24+/m1/s1. The van der Waals surface area contributed by atoms with Gasteiger partial charge in [0.15, 0.2) is 5.78 Å². The average molecular weight is 495 g/mol. The van der Waals surface area contributed by atoms with E-state index in [0.29, 0.717) is 10.6 Å². The van der Waals surface area contributed by atoms with Crippen molar-refractivity contribution in [1.82, 2.24) is 9.80 Å². The molecule has 2 amide bonds. The fourth-order valence-corrected chi connectivity index (χ4v) is 6.93. The number of nitrogens with zero attached hydrogens (tertiary/aromatic N) is 2. The first-order valence-corrected chi connectivity index (χ1v) is 12.6. The summed E-state index contributed by atoms with van der Waals surface area (Å²) in [5.41, 5.74) is 2.31. The maximum atomic E-state index is 13.9. The molecule has 6 rings (SSSR count). The molecule has 0 N–H and O–H groups in total. The van der Waals surface area contributed by atoms with Gasteiger partial charge in [0.25, 0.3) is 0 Å². The molecule has 0 bridgehead atoms. The minimum atomic E-state index is -0.802. The second kappa shape index (κ2) is 8.24. The van der Waals surface area contributed by atoms with E-state index in [1.165, 1.54) is 11.0 Å². The summed E-state index contributed by atoms with van der Waals surface area (Å²) in [6, 6.07) is 11.4. The fraction of sp³-hybridized carbons (Fsp3) is 0.370. The molecule has 174 valence electrons. The molecule has 2 aromatic rings. The van der Waals surface area contributed by atoms with E-state index in [4.69, 9.17) is 23.2 Å². The number of hydrogen-bond acceptors (Lipinski definition) is 4. The Morgan fingerprint density at radius 2 is 1.65 bits per heavy atom. The van der Waals surface area contributed by atoms with Crippen molar-refractivity contribution in [2.24, 2.45) is 11.8 Å². The Balaban J connectivity index is 1.47. The lowest BCUT2D eigenvalue weighted by atomic mass is 9.83. The van der Waals surface area contributed by atoms with E-state index in [2.05, 4.69) is 0 Å². The highest BCUT2D eigenvalue weighted by molar-refractivity contribution is 6.37. The predicted octanol–water partition coefficient (Wildman–Crippen LogP) is 5.52. The van der Waals surface area contributed by atoms with Crippen LogP contribution in [0.4, 0.5) is 0 Å². The fourth-order valence-electron chi connectivity index (χ4n) is 6.43. The number of hydrogen-bond donors (Lipinski definition) is 0. The van der Waals surface area contributed by atoms with E-state index >= 15 is 0 Å². The number of amides is 2. The first kappa shape index (κ1) is 21.9. The molecule has 7 heteroatoms. The molecule has 5 nitrogen and oxygen atoms in total. The van der Waals surface area contributed by atoms with Crippen LogP contribution in [-0.2, 0) is 9.59 Å². The van der Waals surface area contributed by atoms with Crippen molar-refractivity contribution in [1.29, 1.82) is 0 Å². The molecule has 4 aliphatic rings. The van der Waals surface area contributed by atoms with Crippen LogP contribution in [0.3, 0.4) is 0 Å². The van der Waals surface area contributed by atoms with E-state index in [9.17, 15) is 14.4 Å². The Bertz CT molecular complexity index is 1240. The van der Waals surface area contributed by atoms with Gasteiger partial charge in [0.05, 0.1) is 22.9 Å². The SMILES string of the molecule is O=C(c1ccc(Cl)cc1Cl)[C@@H]1[C@@H]2C(=O)N(C3CCCCC3)C(=O)[C@H]2[C@H]2c3ccccc3C=CN12. The van der Waals surface area contributed by atoms with E-state index in [1.54, 1.807) is 12.1 Å². The molecule has 1 saturated carbocycles. The van der Waals surface area contributed by atoms with Gasteiger partial charge in [0.2, 0.25) is 11.8 Å². The number of halogens is 2. The normalized spacial score (nSPS) is 28.2. The molecule has 3 heterocycles. The molecule has 0 spiro atoms. The van der Waals surface area contributed by atoms with Crippen LogP contribution in [0.1, 0.15) is 59.6 Å². The Kier molecular flexibility index (Phi) is 5.30. The van der Waals surface area contributed by atoms with Crippen LogP contribution >= 0.6 is 23.2 Å². The molecule has 0 aromatic heterocycles. The van der Waals surface area contributed by atoms with Gasteiger partial charge in [-0.2, -0.15) is 0 Å². The number of carbonyl (C=O) groups excluding carboxylic acids is 3. The largest absolute Gasteiger partial charge is 0.358 e. The summed E-state index contributed by atoms with van der Waals surface area (Å²) in [6.07, 6.45) is 8.65. The van der Waals surface area contributed by atoms with Gasteiger partial charge in [-0.25, -0.2) is 0 Å². The number of rotatable bonds is 3. The summed E-state index contributed by atoms with van der Waals surface area (Å²) in [5, 5.41) is 0.686. The van der Waals surface area contributed by atoms with Crippen molar-refractivity contribution >= 4 is 46.9 Å². The van der Waals surface area contributed by atoms with Gasteiger partial charge in [-0.1, -0.05) is 66.7 Å². The molecule has 3 fully saturated rings. The summed E-state index contributed by atoms with van der Waals surface area (Å²) in [7, 11) is 0. The van der Waals surface area contributed by atoms with Crippen LogP contribution in [0.2, 0.25) is 10.0 Å². The highest BCUT2D eigenvalue weighted by Crippen LogP contribution is 2.54. The van der Waals surface area contributed by atoms with Gasteiger partial charge in [-0.3, -0.25) is 19.3 Å². The molecule has 0 unspecified atom stereocenters. The second-order valence-corrected chi connectivity index (χ2v) is 10.5. The minimum absolute atomic E-state index is 0.0722. The number of ketones is 1. The first-order valence-electron chi connectivity index (χ1n) is 11.9. The summed E-state index contributed by atoms with van der Waals surface area (Å²) < 4.78 is 0. The topological polar surface area (TPSA) is 57.7 Å². The van der Waals surface area contributed by atoms with Crippen LogP contribution in [0.5, 0.6) is 0 Å². The zero-order chi connectivity index (χ0) is 23.6. The highest BCUT2D eigenvalue weighted by atomic mass is 35.5. The van der Waals surface area contributed by atoms with E-state index in [-0.39, 0.29) is 34.7 Å². The van der Waals surface area contributed by atoms with Crippen LogP contribution in [0, 0.1) is 11.8 Å². The molecule has 34 heavy (non-hydrogen) atoms. The third-order valence-electron chi connectivity index (χ3n) is 7.90. The van der Waals surface area contributed by atoms with E-state index < -0.39 is 17.9 Å². The predicted molar refractivity (Wildman–Crippen MR) is 130 cm³/mol. The third-order valence-corrected chi connectivity index (χ3v) is 8.45. The van der Waals surface area contributed by atoms with Crippen molar-refractivity contribution in [3.05, 3.63) is 75.4 Å². The van der Waals surface area contributed by atoms with Crippen LogP contribution < -0.4 is 0 Å². The van der Waals surface area contributed by atoms with Crippen molar-refractivity contribution in [2.75, 3.05) is 0 Å². The summed E-state index contributed by atoms with van der Waals surface area (Å²) in [4.78, 5) is 45.1. The maximum absolute atomic E-state index is 13.9. The van der Waals surface area contributed by atoms with Gasteiger partial charge in [-0.15, -0.1) is 0 Å². The van der Waals surface area contributed by atoms with Crippen LogP contribution in [0.25, 0.3) is 6.08 Å². The van der Waals surface area contributed by atoms with Gasteiger partial charge in [0, 0.05) is 22.8 Å². The second-order valence-electron chi connectivity index (χ2n) is 9.66. The quantitative estimate of drug-likeness (QED) is 0.416. The maximum Gasteiger partial charge on any atom is 0.236 e. The Labute approximate surface area is 208 Å². The number of Topliss-reactive ketones (excluding diaryl/α,β-unsaturated/α-hetero) is 1. The Morgan fingerprint density at radius 3 is 2.41 bits per heavy atom. The number of fused-ring (bicyclic) bond motifs is 5. The van der Waals surface area contributed by atoms with Gasteiger partial charge < -0.3 is 4.90 Å². The molecule has 3 aliphatic heterocycles. The molecular weight excluding hydrogens is 471 g/mol. The van der Waals surface area contributed by atoms with Gasteiger partial charge >= 0.3 is 0 Å². The van der Waals surface area contributed by atoms with Crippen molar-refractivity contribution in [2.45, 2.75) is 50.2 Å². The van der Waals surface area contributed by atoms with E-state index in [0.717, 1.165) is 43.2 Å². The summed E-state index contributed by atoms with van der Waals surface area (Å²) in [6.45, 7) is 0. The third kappa shape index (κ3) is 3.17. The molecule has 0 radical (unpaired) electrons. The van der Waals surface area contributed by atoms with Crippen molar-refractivity contribution < 1.29 is 14.4 Å². The Hall–Kier alpha value is -2.63.